The van der Waals surface area contributed by atoms with Crippen molar-refractivity contribution in [2.75, 3.05) is 19.5 Å². The molecule has 0 fully saturated rings. The van der Waals surface area contributed by atoms with E-state index in [0.717, 1.165) is 17.7 Å². The molecule has 3 rings (SSSR count). The van der Waals surface area contributed by atoms with Gasteiger partial charge in [0.2, 0.25) is 5.91 Å². The number of benzene rings is 2. The SMILES string of the molecule is COc1ccc(-c2nc(CC(=O)Nc3c(F)cccc3F)cs2)cc1OC. The number of hydrogen-bond donors (Lipinski definition) is 1. The lowest BCUT2D eigenvalue weighted by Gasteiger charge is -2.08. The van der Waals surface area contributed by atoms with Crippen molar-refractivity contribution in [3.05, 3.63) is 59.1 Å². The molecule has 2 aromatic carbocycles. The lowest BCUT2D eigenvalue weighted by Crippen LogP contribution is -2.16. The monoisotopic (exact) mass is 390 g/mol. The van der Waals surface area contributed by atoms with Crippen molar-refractivity contribution in [1.82, 2.24) is 4.98 Å². The van der Waals surface area contributed by atoms with E-state index in [4.69, 9.17) is 9.47 Å². The highest BCUT2D eigenvalue weighted by Gasteiger charge is 2.15. The Morgan fingerprint density at radius 2 is 1.81 bits per heavy atom. The number of halogens is 2. The Hall–Kier alpha value is -3.00. The standard InChI is InChI=1S/C19H16F2N2O3S/c1-25-15-7-6-11(8-16(15)26-2)19-22-12(10-27-19)9-17(24)23-18-13(20)4-3-5-14(18)21/h3-8,10H,9H2,1-2H3,(H,23,24). The van der Waals surface area contributed by atoms with E-state index >= 15 is 0 Å². The summed E-state index contributed by atoms with van der Waals surface area (Å²) < 4.78 is 37.7. The van der Waals surface area contributed by atoms with Gasteiger partial charge in [-0.15, -0.1) is 11.3 Å². The Labute approximate surface area is 158 Å². The highest BCUT2D eigenvalue weighted by atomic mass is 32.1. The maximum Gasteiger partial charge on any atom is 0.230 e. The van der Waals surface area contributed by atoms with Crippen molar-refractivity contribution < 1.29 is 23.0 Å². The molecule has 3 aromatic rings. The second kappa shape index (κ2) is 8.13. The van der Waals surface area contributed by atoms with Crippen molar-refractivity contribution in [2.45, 2.75) is 6.42 Å². The predicted molar refractivity (Wildman–Crippen MR) is 99.3 cm³/mol. The van der Waals surface area contributed by atoms with Crippen LogP contribution in [-0.2, 0) is 11.2 Å². The van der Waals surface area contributed by atoms with Gasteiger partial charge in [-0.1, -0.05) is 6.07 Å². The lowest BCUT2D eigenvalue weighted by molar-refractivity contribution is -0.115. The number of hydrogen-bond acceptors (Lipinski definition) is 5. The number of para-hydroxylation sites is 1. The molecule has 0 radical (unpaired) electrons. The van der Waals surface area contributed by atoms with Crippen LogP contribution in [0.25, 0.3) is 10.6 Å². The van der Waals surface area contributed by atoms with Gasteiger partial charge < -0.3 is 14.8 Å². The highest BCUT2D eigenvalue weighted by molar-refractivity contribution is 7.13. The fourth-order valence-corrected chi connectivity index (χ4v) is 3.27. The topological polar surface area (TPSA) is 60.5 Å². The Bertz CT molecular complexity index is 955. The molecule has 0 saturated carbocycles. The molecule has 0 unspecified atom stereocenters. The first-order chi connectivity index (χ1) is 13.0. The fraction of sp³-hybridized carbons (Fsp3) is 0.158. The minimum absolute atomic E-state index is 0.0996. The predicted octanol–water partition coefficient (Wildman–Crippen LogP) is 4.29. The smallest absolute Gasteiger partial charge is 0.230 e. The molecule has 27 heavy (non-hydrogen) atoms. The molecule has 1 heterocycles. The van der Waals surface area contributed by atoms with Gasteiger partial charge in [0.1, 0.15) is 22.3 Å². The summed E-state index contributed by atoms with van der Waals surface area (Å²) in [4.78, 5) is 16.5. The quantitative estimate of drug-likeness (QED) is 0.682. The minimum Gasteiger partial charge on any atom is -0.493 e. The second-order valence-electron chi connectivity index (χ2n) is 5.54. The van der Waals surface area contributed by atoms with E-state index in [1.54, 1.807) is 31.7 Å². The van der Waals surface area contributed by atoms with E-state index in [2.05, 4.69) is 10.3 Å². The van der Waals surface area contributed by atoms with E-state index in [1.165, 1.54) is 17.4 Å². The number of nitrogens with zero attached hydrogens (tertiary/aromatic N) is 1. The first-order valence-electron chi connectivity index (χ1n) is 7.92. The van der Waals surface area contributed by atoms with Gasteiger partial charge in [-0.3, -0.25) is 4.79 Å². The number of thiazole rings is 1. The van der Waals surface area contributed by atoms with Crippen LogP contribution in [0.1, 0.15) is 5.69 Å². The third-order valence-electron chi connectivity index (χ3n) is 3.75. The number of methoxy groups -OCH3 is 2. The third-order valence-corrected chi connectivity index (χ3v) is 4.69. The van der Waals surface area contributed by atoms with Crippen molar-refractivity contribution >= 4 is 22.9 Å². The molecule has 5 nitrogen and oxygen atoms in total. The van der Waals surface area contributed by atoms with Gasteiger partial charge in [0, 0.05) is 10.9 Å². The molecule has 0 atom stereocenters. The first-order valence-corrected chi connectivity index (χ1v) is 8.80. The summed E-state index contributed by atoms with van der Waals surface area (Å²) >= 11 is 1.35. The number of carbonyl (C=O) groups excluding carboxylic acids is 1. The van der Waals surface area contributed by atoms with Crippen molar-refractivity contribution in [3.63, 3.8) is 0 Å². The molecule has 0 aliphatic rings. The van der Waals surface area contributed by atoms with Gasteiger partial charge >= 0.3 is 0 Å². The molecular formula is C19H16F2N2O3S. The van der Waals surface area contributed by atoms with Crippen LogP contribution in [-0.4, -0.2) is 25.1 Å². The minimum atomic E-state index is -0.826. The van der Waals surface area contributed by atoms with E-state index in [0.29, 0.717) is 22.2 Å². The molecule has 0 spiro atoms. The highest BCUT2D eigenvalue weighted by Crippen LogP contribution is 2.33. The number of ether oxygens (including phenoxy) is 2. The summed E-state index contributed by atoms with van der Waals surface area (Å²) in [5.74, 6) is -1.03. The molecule has 0 bridgehead atoms. The van der Waals surface area contributed by atoms with Crippen molar-refractivity contribution in [1.29, 1.82) is 0 Å². The van der Waals surface area contributed by atoms with Crippen molar-refractivity contribution in [3.8, 4) is 22.1 Å². The Kier molecular flexibility index (Phi) is 5.66. The van der Waals surface area contributed by atoms with E-state index in [1.807, 2.05) is 6.07 Å². The average Bonchev–Trinajstić information content (AvgIpc) is 3.12. The van der Waals surface area contributed by atoms with E-state index in [9.17, 15) is 13.6 Å². The molecule has 1 aromatic heterocycles. The first kappa shape index (κ1) is 18.8. The Morgan fingerprint density at radius 1 is 1.11 bits per heavy atom. The average molecular weight is 390 g/mol. The number of anilines is 1. The van der Waals surface area contributed by atoms with Crippen molar-refractivity contribution in [2.24, 2.45) is 0 Å². The van der Waals surface area contributed by atoms with Crippen LogP contribution < -0.4 is 14.8 Å². The van der Waals surface area contributed by atoms with E-state index < -0.39 is 23.2 Å². The zero-order chi connectivity index (χ0) is 19.4. The van der Waals surface area contributed by atoms with Crippen LogP contribution in [0, 0.1) is 11.6 Å². The normalized spacial score (nSPS) is 10.5. The number of carbonyl (C=O) groups is 1. The molecular weight excluding hydrogens is 374 g/mol. The Morgan fingerprint density at radius 3 is 2.48 bits per heavy atom. The van der Waals surface area contributed by atoms with Gasteiger partial charge in [0.25, 0.3) is 0 Å². The number of rotatable bonds is 6. The van der Waals surface area contributed by atoms with Gasteiger partial charge in [0.15, 0.2) is 11.5 Å². The van der Waals surface area contributed by atoms with Crippen LogP contribution in [0.5, 0.6) is 11.5 Å². The van der Waals surface area contributed by atoms with Crippen LogP contribution in [0.4, 0.5) is 14.5 Å². The summed E-state index contributed by atoms with van der Waals surface area (Å²) in [6, 6.07) is 8.78. The summed E-state index contributed by atoms with van der Waals surface area (Å²) in [5.41, 5.74) is 0.848. The van der Waals surface area contributed by atoms with Crippen LogP contribution in [0.3, 0.4) is 0 Å². The number of aromatic nitrogens is 1. The lowest BCUT2D eigenvalue weighted by atomic mass is 10.2. The molecule has 1 N–H and O–H groups in total. The summed E-state index contributed by atoms with van der Waals surface area (Å²) in [7, 11) is 3.09. The van der Waals surface area contributed by atoms with Crippen LogP contribution in [0.2, 0.25) is 0 Å². The van der Waals surface area contributed by atoms with Gasteiger partial charge in [-0.25, -0.2) is 13.8 Å². The van der Waals surface area contributed by atoms with Gasteiger partial charge in [-0.2, -0.15) is 0 Å². The zero-order valence-electron chi connectivity index (χ0n) is 14.6. The largest absolute Gasteiger partial charge is 0.493 e. The maximum absolute atomic E-state index is 13.6. The molecule has 1 amide bonds. The Balaban J connectivity index is 1.73. The van der Waals surface area contributed by atoms with Gasteiger partial charge in [0.05, 0.1) is 26.3 Å². The maximum atomic E-state index is 13.6. The summed E-state index contributed by atoms with van der Waals surface area (Å²) in [5, 5.41) is 4.66. The summed E-state index contributed by atoms with van der Waals surface area (Å²) in [6.07, 6.45) is -0.0996. The number of amides is 1. The second-order valence-corrected chi connectivity index (χ2v) is 6.39. The van der Waals surface area contributed by atoms with Crippen LogP contribution >= 0.6 is 11.3 Å². The molecule has 0 saturated heterocycles. The fourth-order valence-electron chi connectivity index (χ4n) is 2.46. The van der Waals surface area contributed by atoms with Gasteiger partial charge in [-0.05, 0) is 30.3 Å². The van der Waals surface area contributed by atoms with Crippen LogP contribution in [0.15, 0.2) is 41.8 Å². The van der Waals surface area contributed by atoms with E-state index in [-0.39, 0.29) is 6.42 Å². The summed E-state index contributed by atoms with van der Waals surface area (Å²) in [6.45, 7) is 0. The molecule has 8 heteroatoms. The third kappa shape index (κ3) is 4.22. The molecule has 0 aliphatic carbocycles. The number of nitrogens with one attached hydrogen (secondary N) is 1. The molecule has 140 valence electrons. The molecule has 0 aliphatic heterocycles. The zero-order valence-corrected chi connectivity index (χ0v) is 15.4.